The number of aromatic nitrogens is 4. The van der Waals surface area contributed by atoms with Crippen LogP contribution < -0.4 is 0 Å². The largest absolute Gasteiger partial charge is 0.361 e. The number of hydrogen-bond donors (Lipinski definition) is 0. The lowest BCUT2D eigenvalue weighted by molar-refractivity contribution is 0.102. The van der Waals surface area contributed by atoms with Gasteiger partial charge in [0.05, 0.1) is 5.75 Å². The van der Waals surface area contributed by atoms with Gasteiger partial charge >= 0.3 is 0 Å². The number of Topliss-reactive ketones (excluding diaryl/α,β-unsaturated/α-hetero) is 1. The quantitative estimate of drug-likeness (QED) is 0.519. The number of carbonyl (C=O) groups excluding carboxylic acids is 1. The Morgan fingerprint density at radius 3 is 2.70 bits per heavy atom. The van der Waals surface area contributed by atoms with Gasteiger partial charge in [-0.1, -0.05) is 28.5 Å². The SMILES string of the molecule is Cc1cc(-c2nnc(SCC(=O)c3ccc(Cl)cc3)n2C)no1. The number of aryl methyl sites for hydroxylation is 1. The van der Waals surface area contributed by atoms with Crippen molar-refractivity contribution in [1.82, 2.24) is 19.9 Å². The van der Waals surface area contributed by atoms with E-state index < -0.39 is 0 Å². The minimum atomic E-state index is 0.00787. The van der Waals surface area contributed by atoms with E-state index in [9.17, 15) is 4.79 Å². The van der Waals surface area contributed by atoms with Crippen molar-refractivity contribution in [2.24, 2.45) is 7.05 Å². The zero-order valence-electron chi connectivity index (χ0n) is 12.5. The highest BCUT2D eigenvalue weighted by Crippen LogP contribution is 2.23. The molecular formula is C15H13ClN4O2S. The van der Waals surface area contributed by atoms with Crippen molar-refractivity contribution in [2.45, 2.75) is 12.1 Å². The van der Waals surface area contributed by atoms with Crippen LogP contribution in [0.15, 0.2) is 40.0 Å². The third kappa shape index (κ3) is 3.46. The van der Waals surface area contributed by atoms with E-state index in [2.05, 4.69) is 15.4 Å². The summed E-state index contributed by atoms with van der Waals surface area (Å²) < 4.78 is 6.83. The lowest BCUT2D eigenvalue weighted by atomic mass is 10.1. The Balaban J connectivity index is 1.70. The van der Waals surface area contributed by atoms with E-state index in [0.29, 0.717) is 33.0 Å². The maximum Gasteiger partial charge on any atom is 0.191 e. The maximum atomic E-state index is 12.2. The second kappa shape index (κ2) is 6.55. The summed E-state index contributed by atoms with van der Waals surface area (Å²) in [6.07, 6.45) is 0. The molecule has 8 heteroatoms. The fourth-order valence-corrected chi connectivity index (χ4v) is 2.92. The van der Waals surface area contributed by atoms with Crippen molar-refractivity contribution < 1.29 is 9.32 Å². The third-order valence-electron chi connectivity index (χ3n) is 3.19. The van der Waals surface area contributed by atoms with Crippen LogP contribution in [-0.4, -0.2) is 31.5 Å². The van der Waals surface area contributed by atoms with E-state index in [4.69, 9.17) is 16.1 Å². The fourth-order valence-electron chi connectivity index (χ4n) is 1.98. The molecule has 3 rings (SSSR count). The van der Waals surface area contributed by atoms with Gasteiger partial charge in [-0.15, -0.1) is 10.2 Å². The minimum Gasteiger partial charge on any atom is -0.361 e. The minimum absolute atomic E-state index is 0.00787. The molecule has 6 nitrogen and oxygen atoms in total. The van der Waals surface area contributed by atoms with Gasteiger partial charge in [-0.3, -0.25) is 4.79 Å². The van der Waals surface area contributed by atoms with Crippen molar-refractivity contribution in [3.8, 4) is 11.5 Å². The second-order valence-corrected chi connectivity index (χ2v) is 6.29. The Hall–Kier alpha value is -2.12. The van der Waals surface area contributed by atoms with Gasteiger partial charge in [0.1, 0.15) is 5.76 Å². The summed E-state index contributed by atoms with van der Waals surface area (Å²) in [4.78, 5) is 12.2. The van der Waals surface area contributed by atoms with Gasteiger partial charge < -0.3 is 9.09 Å². The van der Waals surface area contributed by atoms with Gasteiger partial charge in [0.15, 0.2) is 22.5 Å². The Morgan fingerprint density at radius 2 is 2.04 bits per heavy atom. The van der Waals surface area contributed by atoms with Gasteiger partial charge in [0.2, 0.25) is 0 Å². The fraction of sp³-hybridized carbons (Fsp3) is 0.200. The van der Waals surface area contributed by atoms with Crippen molar-refractivity contribution in [2.75, 3.05) is 5.75 Å². The van der Waals surface area contributed by atoms with E-state index in [0.717, 1.165) is 0 Å². The predicted molar refractivity (Wildman–Crippen MR) is 87.7 cm³/mol. The number of rotatable bonds is 5. The highest BCUT2D eigenvalue weighted by atomic mass is 35.5. The van der Waals surface area contributed by atoms with Gasteiger partial charge in [0.25, 0.3) is 0 Å². The molecule has 0 N–H and O–H groups in total. The summed E-state index contributed by atoms with van der Waals surface area (Å²) in [7, 11) is 1.83. The van der Waals surface area contributed by atoms with E-state index in [-0.39, 0.29) is 11.5 Å². The van der Waals surface area contributed by atoms with Crippen LogP contribution in [0.5, 0.6) is 0 Å². The van der Waals surface area contributed by atoms with E-state index >= 15 is 0 Å². The third-order valence-corrected chi connectivity index (χ3v) is 4.46. The molecule has 2 aromatic heterocycles. The van der Waals surface area contributed by atoms with Crippen LogP contribution in [0, 0.1) is 6.92 Å². The zero-order chi connectivity index (χ0) is 16.4. The Labute approximate surface area is 141 Å². The molecule has 0 saturated heterocycles. The molecule has 3 aromatic rings. The molecule has 0 saturated carbocycles. The van der Waals surface area contributed by atoms with Crippen LogP contribution >= 0.6 is 23.4 Å². The first-order valence-corrected chi connectivity index (χ1v) is 8.15. The Kier molecular flexibility index (Phi) is 4.49. The smallest absolute Gasteiger partial charge is 0.191 e. The molecule has 23 heavy (non-hydrogen) atoms. The molecule has 0 aliphatic heterocycles. The summed E-state index contributed by atoms with van der Waals surface area (Å²) in [6.45, 7) is 1.81. The average molecular weight is 349 g/mol. The van der Waals surface area contributed by atoms with Crippen LogP contribution in [-0.2, 0) is 7.05 Å². The summed E-state index contributed by atoms with van der Waals surface area (Å²) in [5, 5.41) is 13.4. The van der Waals surface area contributed by atoms with Crippen LogP contribution in [0.25, 0.3) is 11.5 Å². The van der Waals surface area contributed by atoms with E-state index in [1.54, 1.807) is 34.9 Å². The molecule has 0 aliphatic carbocycles. The molecule has 0 fully saturated rings. The number of halogens is 1. The van der Waals surface area contributed by atoms with Gasteiger partial charge in [-0.25, -0.2) is 0 Å². The summed E-state index contributed by atoms with van der Waals surface area (Å²) in [5.41, 5.74) is 1.24. The number of hydrogen-bond acceptors (Lipinski definition) is 6. The molecule has 0 unspecified atom stereocenters. The number of nitrogens with zero attached hydrogens (tertiary/aromatic N) is 4. The Morgan fingerprint density at radius 1 is 1.30 bits per heavy atom. The Bertz CT molecular complexity index is 842. The van der Waals surface area contributed by atoms with Crippen LogP contribution in [0.4, 0.5) is 0 Å². The van der Waals surface area contributed by atoms with Crippen molar-refractivity contribution >= 4 is 29.1 Å². The molecule has 1 aromatic carbocycles. The first kappa shape index (κ1) is 15.8. The topological polar surface area (TPSA) is 73.8 Å². The number of carbonyl (C=O) groups is 1. The van der Waals surface area contributed by atoms with Gasteiger partial charge in [-0.05, 0) is 31.2 Å². The highest BCUT2D eigenvalue weighted by molar-refractivity contribution is 7.99. The predicted octanol–water partition coefficient (Wildman–Crippen LogP) is 3.41. The number of benzene rings is 1. The lowest BCUT2D eigenvalue weighted by Gasteiger charge is -2.02. The molecule has 0 spiro atoms. The maximum absolute atomic E-state index is 12.2. The number of ketones is 1. The van der Waals surface area contributed by atoms with Crippen molar-refractivity contribution in [1.29, 1.82) is 0 Å². The van der Waals surface area contributed by atoms with Crippen molar-refractivity contribution in [3.05, 3.63) is 46.7 Å². The lowest BCUT2D eigenvalue weighted by Crippen LogP contribution is -2.03. The van der Waals surface area contributed by atoms with Crippen LogP contribution in [0.3, 0.4) is 0 Å². The first-order valence-electron chi connectivity index (χ1n) is 6.79. The monoisotopic (exact) mass is 348 g/mol. The van der Waals surface area contributed by atoms with Crippen LogP contribution in [0.2, 0.25) is 5.02 Å². The zero-order valence-corrected chi connectivity index (χ0v) is 14.1. The molecule has 0 bridgehead atoms. The van der Waals surface area contributed by atoms with E-state index in [1.807, 2.05) is 14.0 Å². The molecule has 2 heterocycles. The van der Waals surface area contributed by atoms with Crippen molar-refractivity contribution in [3.63, 3.8) is 0 Å². The first-order chi connectivity index (χ1) is 11.0. The molecule has 0 amide bonds. The normalized spacial score (nSPS) is 10.9. The molecule has 118 valence electrons. The second-order valence-electron chi connectivity index (χ2n) is 4.91. The summed E-state index contributed by atoms with van der Waals surface area (Å²) in [5.74, 6) is 1.58. The van der Waals surface area contributed by atoms with Gasteiger partial charge in [-0.2, -0.15) is 0 Å². The summed E-state index contributed by atoms with van der Waals surface area (Å²) >= 11 is 7.15. The molecule has 0 radical (unpaired) electrons. The standard InChI is InChI=1S/C15H13ClN4O2S/c1-9-7-12(19-22-9)14-17-18-15(20(14)2)23-8-13(21)10-3-5-11(16)6-4-10/h3-7H,8H2,1-2H3. The van der Waals surface area contributed by atoms with E-state index in [1.165, 1.54) is 11.8 Å². The average Bonchev–Trinajstić information content (AvgIpc) is 3.11. The van der Waals surface area contributed by atoms with Gasteiger partial charge in [0, 0.05) is 23.7 Å². The molecule has 0 aliphatic rings. The van der Waals surface area contributed by atoms with Crippen LogP contribution in [0.1, 0.15) is 16.1 Å². The highest BCUT2D eigenvalue weighted by Gasteiger charge is 2.16. The molecule has 0 atom stereocenters. The number of thioether (sulfide) groups is 1. The summed E-state index contributed by atoms with van der Waals surface area (Å²) in [6, 6.07) is 8.62. The molecular weight excluding hydrogens is 336 g/mol.